The highest BCUT2D eigenvalue weighted by atomic mass is 15.3. The Morgan fingerprint density at radius 1 is 1.06 bits per heavy atom. The minimum Gasteiger partial charge on any atom is -0.307 e. The van der Waals surface area contributed by atoms with E-state index in [1.54, 1.807) is 0 Å². The molecule has 0 aliphatic rings. The van der Waals surface area contributed by atoms with Gasteiger partial charge in [-0.3, -0.25) is 0 Å². The quantitative estimate of drug-likeness (QED) is 0.593. The maximum Gasteiger partial charge on any atom is 0.162 e. The van der Waals surface area contributed by atoms with Crippen LogP contribution in [0.15, 0.2) is 30.3 Å². The lowest BCUT2D eigenvalue weighted by atomic mass is 10.1. The van der Waals surface area contributed by atoms with E-state index in [9.17, 15) is 0 Å². The molecule has 0 spiro atoms. The molecule has 0 aliphatic carbocycles. The van der Waals surface area contributed by atoms with Crippen LogP contribution in [0.4, 0.5) is 5.82 Å². The maximum absolute atomic E-state index is 5.27. The molecule has 2 rings (SSSR count). The van der Waals surface area contributed by atoms with Crippen molar-refractivity contribution in [1.82, 2.24) is 10.2 Å². The third-order valence-corrected chi connectivity index (χ3v) is 2.46. The Hall–Kier alpha value is -1.94. The first kappa shape index (κ1) is 10.6. The van der Waals surface area contributed by atoms with Gasteiger partial charge in [-0.15, -0.1) is 10.2 Å². The Bertz CT molecular complexity index is 491. The van der Waals surface area contributed by atoms with Gasteiger partial charge in [-0.2, -0.15) is 0 Å². The number of benzene rings is 1. The second-order valence-corrected chi connectivity index (χ2v) is 3.77. The number of hydrogen-bond donors (Lipinski definition) is 2. The van der Waals surface area contributed by atoms with Crippen molar-refractivity contribution in [3.8, 4) is 11.3 Å². The molecule has 0 fully saturated rings. The molecule has 0 amide bonds. The fourth-order valence-electron chi connectivity index (χ4n) is 1.55. The van der Waals surface area contributed by atoms with Crippen LogP contribution in [0.2, 0.25) is 0 Å². The van der Waals surface area contributed by atoms with Gasteiger partial charge in [-0.25, -0.2) is 5.84 Å². The van der Waals surface area contributed by atoms with Crippen molar-refractivity contribution in [3.63, 3.8) is 0 Å². The molecule has 0 bridgehead atoms. The molecule has 1 aromatic carbocycles. The first-order chi connectivity index (χ1) is 7.70. The van der Waals surface area contributed by atoms with Crippen molar-refractivity contribution in [2.24, 2.45) is 5.84 Å². The van der Waals surface area contributed by atoms with E-state index in [4.69, 9.17) is 5.84 Å². The van der Waals surface area contributed by atoms with Gasteiger partial charge in [0.25, 0.3) is 0 Å². The van der Waals surface area contributed by atoms with Gasteiger partial charge >= 0.3 is 0 Å². The first-order valence-electron chi connectivity index (χ1n) is 5.08. The topological polar surface area (TPSA) is 63.8 Å². The number of nitrogen functional groups attached to an aromatic ring is 1. The molecule has 0 atom stereocenters. The highest BCUT2D eigenvalue weighted by Gasteiger charge is 2.05. The van der Waals surface area contributed by atoms with E-state index in [0.717, 1.165) is 16.8 Å². The van der Waals surface area contributed by atoms with Crippen molar-refractivity contribution < 1.29 is 0 Å². The van der Waals surface area contributed by atoms with Crippen LogP contribution in [-0.4, -0.2) is 10.2 Å². The average molecular weight is 214 g/mol. The van der Waals surface area contributed by atoms with Crippen molar-refractivity contribution in [2.75, 3.05) is 5.43 Å². The first-order valence-corrected chi connectivity index (χ1v) is 5.08. The molecule has 0 radical (unpaired) electrons. The normalized spacial score (nSPS) is 10.2. The summed E-state index contributed by atoms with van der Waals surface area (Å²) in [5.74, 6) is 5.85. The Balaban J connectivity index is 2.44. The number of aryl methyl sites for hydroxylation is 2. The zero-order chi connectivity index (χ0) is 11.5. The van der Waals surface area contributed by atoms with E-state index in [1.165, 1.54) is 5.56 Å². The lowest BCUT2D eigenvalue weighted by Crippen LogP contribution is -2.09. The Morgan fingerprint density at radius 3 is 2.31 bits per heavy atom. The third-order valence-electron chi connectivity index (χ3n) is 2.46. The number of hydrogen-bond acceptors (Lipinski definition) is 4. The summed E-state index contributed by atoms with van der Waals surface area (Å²) in [5.41, 5.74) is 6.72. The van der Waals surface area contributed by atoms with Crippen molar-refractivity contribution in [3.05, 3.63) is 41.5 Å². The molecule has 82 valence electrons. The van der Waals surface area contributed by atoms with Crippen LogP contribution >= 0.6 is 0 Å². The fourth-order valence-corrected chi connectivity index (χ4v) is 1.55. The van der Waals surface area contributed by atoms with Gasteiger partial charge in [-0.1, -0.05) is 29.8 Å². The predicted octanol–water partition coefficient (Wildman–Crippen LogP) is 2.05. The number of aromatic nitrogens is 2. The summed E-state index contributed by atoms with van der Waals surface area (Å²) >= 11 is 0. The van der Waals surface area contributed by atoms with Crippen LogP contribution in [0, 0.1) is 13.8 Å². The number of hydrazine groups is 1. The fraction of sp³-hybridized carbons (Fsp3) is 0.167. The smallest absolute Gasteiger partial charge is 0.162 e. The van der Waals surface area contributed by atoms with Gasteiger partial charge in [0.2, 0.25) is 0 Å². The highest BCUT2D eigenvalue weighted by molar-refractivity contribution is 5.63. The molecule has 1 heterocycles. The SMILES string of the molecule is Cc1ccc(-c2nnc(NN)cc2C)cc1. The highest BCUT2D eigenvalue weighted by Crippen LogP contribution is 2.21. The standard InChI is InChI=1S/C12H14N4/c1-8-3-5-10(6-4-8)12-9(2)7-11(14-13)15-16-12/h3-7H,13H2,1-2H3,(H,14,15). The summed E-state index contributed by atoms with van der Waals surface area (Å²) in [7, 11) is 0. The minimum atomic E-state index is 0.577. The van der Waals surface area contributed by atoms with Crippen LogP contribution in [-0.2, 0) is 0 Å². The van der Waals surface area contributed by atoms with Crippen LogP contribution in [0.3, 0.4) is 0 Å². The van der Waals surface area contributed by atoms with Crippen LogP contribution in [0.5, 0.6) is 0 Å². The summed E-state index contributed by atoms with van der Waals surface area (Å²) in [6.07, 6.45) is 0. The molecule has 0 saturated heterocycles. The van der Waals surface area contributed by atoms with Gasteiger partial charge in [-0.05, 0) is 25.5 Å². The van der Waals surface area contributed by atoms with Crippen LogP contribution in [0.25, 0.3) is 11.3 Å². The zero-order valence-corrected chi connectivity index (χ0v) is 9.36. The molecule has 1 aromatic heterocycles. The summed E-state index contributed by atoms with van der Waals surface area (Å²) in [5, 5.41) is 8.13. The molecular weight excluding hydrogens is 200 g/mol. The molecule has 0 saturated carbocycles. The van der Waals surface area contributed by atoms with E-state index < -0.39 is 0 Å². The van der Waals surface area contributed by atoms with Gasteiger partial charge in [0.05, 0.1) is 5.69 Å². The Morgan fingerprint density at radius 2 is 1.75 bits per heavy atom. The van der Waals surface area contributed by atoms with Crippen molar-refractivity contribution in [1.29, 1.82) is 0 Å². The number of anilines is 1. The van der Waals surface area contributed by atoms with Gasteiger partial charge in [0, 0.05) is 5.56 Å². The summed E-state index contributed by atoms with van der Waals surface area (Å²) in [4.78, 5) is 0. The minimum absolute atomic E-state index is 0.577. The lowest BCUT2D eigenvalue weighted by Gasteiger charge is -2.06. The summed E-state index contributed by atoms with van der Waals surface area (Å²) < 4.78 is 0. The van der Waals surface area contributed by atoms with Crippen molar-refractivity contribution in [2.45, 2.75) is 13.8 Å². The van der Waals surface area contributed by atoms with E-state index in [2.05, 4.69) is 34.7 Å². The molecule has 16 heavy (non-hydrogen) atoms. The number of nitrogens with one attached hydrogen (secondary N) is 1. The van der Waals surface area contributed by atoms with E-state index in [1.807, 2.05) is 25.1 Å². The third kappa shape index (κ3) is 2.01. The van der Waals surface area contributed by atoms with Crippen molar-refractivity contribution >= 4 is 5.82 Å². The molecule has 4 heteroatoms. The summed E-state index contributed by atoms with van der Waals surface area (Å²) in [6, 6.07) is 10.1. The number of nitrogens with zero attached hydrogens (tertiary/aromatic N) is 2. The van der Waals surface area contributed by atoms with Gasteiger partial charge < -0.3 is 5.43 Å². The molecular formula is C12H14N4. The van der Waals surface area contributed by atoms with E-state index >= 15 is 0 Å². The zero-order valence-electron chi connectivity index (χ0n) is 9.36. The van der Waals surface area contributed by atoms with Gasteiger partial charge in [0.15, 0.2) is 5.82 Å². The molecule has 0 unspecified atom stereocenters. The van der Waals surface area contributed by atoms with Crippen LogP contribution in [0.1, 0.15) is 11.1 Å². The largest absolute Gasteiger partial charge is 0.307 e. The Kier molecular flexibility index (Phi) is 2.83. The molecule has 0 aliphatic heterocycles. The van der Waals surface area contributed by atoms with Gasteiger partial charge in [0.1, 0.15) is 0 Å². The average Bonchev–Trinajstić information content (AvgIpc) is 2.30. The monoisotopic (exact) mass is 214 g/mol. The number of nitrogens with two attached hydrogens (primary N) is 1. The molecule has 3 N–H and O–H groups in total. The summed E-state index contributed by atoms with van der Waals surface area (Å²) in [6.45, 7) is 4.05. The van der Waals surface area contributed by atoms with Crippen LogP contribution < -0.4 is 11.3 Å². The molecule has 2 aromatic rings. The van der Waals surface area contributed by atoms with E-state index in [-0.39, 0.29) is 0 Å². The number of rotatable bonds is 2. The Labute approximate surface area is 94.5 Å². The lowest BCUT2D eigenvalue weighted by molar-refractivity contribution is 1.01. The maximum atomic E-state index is 5.27. The predicted molar refractivity (Wildman–Crippen MR) is 64.8 cm³/mol. The second kappa shape index (κ2) is 4.28. The second-order valence-electron chi connectivity index (χ2n) is 3.77. The molecule has 4 nitrogen and oxygen atoms in total. The van der Waals surface area contributed by atoms with E-state index in [0.29, 0.717) is 5.82 Å².